The Morgan fingerprint density at radius 1 is 1.38 bits per heavy atom. The number of fused-ring (bicyclic) bond motifs is 1. The molecule has 0 bridgehead atoms. The molecule has 4 nitrogen and oxygen atoms in total. The van der Waals surface area contributed by atoms with Crippen LogP contribution in [0.25, 0.3) is 0 Å². The number of aryl methyl sites for hydroxylation is 2. The lowest BCUT2D eigenvalue weighted by Gasteiger charge is -2.20. The van der Waals surface area contributed by atoms with Gasteiger partial charge in [0.25, 0.3) is 5.91 Å². The molecule has 0 saturated heterocycles. The first kappa shape index (κ1) is 14.1. The number of hydrogen-bond donors (Lipinski definition) is 0. The Morgan fingerprint density at radius 2 is 2.24 bits per heavy atom. The number of thiazole rings is 1. The molecule has 0 aliphatic carbocycles. The quantitative estimate of drug-likeness (QED) is 0.856. The lowest BCUT2D eigenvalue weighted by atomic mass is 10.0. The number of benzene rings is 1. The minimum atomic E-state index is 0.0960. The minimum Gasteiger partial charge on any atom is -0.497 e. The summed E-state index contributed by atoms with van der Waals surface area (Å²) in [6.07, 6.45) is 1.96. The highest BCUT2D eigenvalue weighted by Crippen LogP contribution is 2.25. The molecule has 0 saturated carbocycles. The maximum Gasteiger partial charge on any atom is 0.266 e. The number of methoxy groups -OCH3 is 1. The number of ether oxygens (including phenoxy) is 1. The summed E-state index contributed by atoms with van der Waals surface area (Å²) in [5.41, 5.74) is 5.05. The molecule has 0 N–H and O–H groups in total. The van der Waals surface area contributed by atoms with Crippen molar-refractivity contribution in [2.75, 3.05) is 13.7 Å². The molecule has 0 atom stereocenters. The summed E-state index contributed by atoms with van der Waals surface area (Å²) in [5, 5.41) is 0. The fraction of sp³-hybridized carbons (Fsp3) is 0.375. The summed E-state index contributed by atoms with van der Waals surface area (Å²) in [6.45, 7) is 3.34. The summed E-state index contributed by atoms with van der Waals surface area (Å²) in [5.74, 6) is 0.977. The van der Waals surface area contributed by atoms with E-state index in [2.05, 4.69) is 17.1 Å². The fourth-order valence-corrected chi connectivity index (χ4v) is 3.45. The van der Waals surface area contributed by atoms with Crippen molar-refractivity contribution in [2.24, 2.45) is 0 Å². The number of rotatable bonds is 2. The van der Waals surface area contributed by atoms with Gasteiger partial charge in [0.1, 0.15) is 10.6 Å². The van der Waals surface area contributed by atoms with Gasteiger partial charge in [-0.2, -0.15) is 0 Å². The second-order valence-electron chi connectivity index (χ2n) is 5.23. The van der Waals surface area contributed by atoms with Gasteiger partial charge in [-0.3, -0.25) is 4.79 Å². The molecule has 1 aromatic heterocycles. The predicted molar refractivity (Wildman–Crippen MR) is 82.9 cm³/mol. The van der Waals surface area contributed by atoms with Crippen molar-refractivity contribution in [3.8, 4) is 5.75 Å². The Bertz CT molecular complexity index is 666. The molecule has 1 aliphatic heterocycles. The van der Waals surface area contributed by atoms with Gasteiger partial charge in [-0.1, -0.05) is 6.07 Å². The second-order valence-corrected chi connectivity index (χ2v) is 6.09. The van der Waals surface area contributed by atoms with Crippen molar-refractivity contribution in [2.45, 2.75) is 26.3 Å². The molecule has 3 rings (SSSR count). The van der Waals surface area contributed by atoms with E-state index in [9.17, 15) is 4.79 Å². The fourth-order valence-electron chi connectivity index (χ4n) is 2.69. The Kier molecular flexibility index (Phi) is 3.92. The van der Waals surface area contributed by atoms with Gasteiger partial charge in [-0.25, -0.2) is 4.98 Å². The van der Waals surface area contributed by atoms with E-state index < -0.39 is 0 Å². The van der Waals surface area contributed by atoms with Crippen LogP contribution in [0.4, 0.5) is 0 Å². The SMILES string of the molecule is COc1ccc2c(c1)CCCN(C(=O)c1scnc1C)C2. The first-order valence-electron chi connectivity index (χ1n) is 7.04. The zero-order chi connectivity index (χ0) is 14.8. The molecule has 110 valence electrons. The van der Waals surface area contributed by atoms with Gasteiger partial charge in [0, 0.05) is 13.1 Å². The van der Waals surface area contributed by atoms with Crippen LogP contribution in [0.2, 0.25) is 0 Å². The molecule has 5 heteroatoms. The van der Waals surface area contributed by atoms with E-state index in [1.165, 1.54) is 22.5 Å². The molecule has 2 aromatic rings. The summed E-state index contributed by atoms with van der Waals surface area (Å²) in [6, 6.07) is 6.12. The molecule has 0 spiro atoms. The van der Waals surface area contributed by atoms with E-state index in [0.717, 1.165) is 35.7 Å². The average Bonchev–Trinajstić information content (AvgIpc) is 2.81. The topological polar surface area (TPSA) is 42.4 Å². The number of hydrogen-bond acceptors (Lipinski definition) is 4. The van der Waals surface area contributed by atoms with Crippen LogP contribution < -0.4 is 4.74 Å². The summed E-state index contributed by atoms with van der Waals surface area (Å²) in [4.78, 5) is 19.5. The summed E-state index contributed by atoms with van der Waals surface area (Å²) < 4.78 is 5.28. The zero-order valence-corrected chi connectivity index (χ0v) is 13.1. The van der Waals surface area contributed by atoms with Crippen molar-refractivity contribution in [3.05, 3.63) is 45.4 Å². The van der Waals surface area contributed by atoms with Crippen molar-refractivity contribution in [1.82, 2.24) is 9.88 Å². The highest BCUT2D eigenvalue weighted by atomic mass is 32.1. The maximum absolute atomic E-state index is 12.6. The van der Waals surface area contributed by atoms with E-state index in [1.807, 2.05) is 17.9 Å². The van der Waals surface area contributed by atoms with Gasteiger partial charge in [0.05, 0.1) is 18.3 Å². The van der Waals surface area contributed by atoms with Crippen LogP contribution in [0.5, 0.6) is 5.75 Å². The van der Waals surface area contributed by atoms with Crippen LogP contribution in [0.15, 0.2) is 23.7 Å². The van der Waals surface area contributed by atoms with Crippen LogP contribution in [0.3, 0.4) is 0 Å². The monoisotopic (exact) mass is 302 g/mol. The van der Waals surface area contributed by atoms with Gasteiger partial charge in [-0.05, 0) is 43.0 Å². The smallest absolute Gasteiger partial charge is 0.266 e. The van der Waals surface area contributed by atoms with E-state index in [1.54, 1.807) is 12.6 Å². The third-order valence-corrected chi connectivity index (χ3v) is 4.79. The third-order valence-electron chi connectivity index (χ3n) is 3.88. The van der Waals surface area contributed by atoms with E-state index in [-0.39, 0.29) is 5.91 Å². The van der Waals surface area contributed by atoms with Crippen molar-refractivity contribution in [1.29, 1.82) is 0 Å². The lowest BCUT2D eigenvalue weighted by molar-refractivity contribution is 0.0750. The van der Waals surface area contributed by atoms with Gasteiger partial charge in [0.2, 0.25) is 0 Å². The lowest BCUT2D eigenvalue weighted by Crippen LogP contribution is -2.30. The van der Waals surface area contributed by atoms with Crippen molar-refractivity contribution < 1.29 is 9.53 Å². The highest BCUT2D eigenvalue weighted by molar-refractivity contribution is 7.11. The van der Waals surface area contributed by atoms with Gasteiger partial charge < -0.3 is 9.64 Å². The number of carbonyl (C=O) groups excluding carboxylic acids is 1. The molecule has 0 radical (unpaired) electrons. The zero-order valence-electron chi connectivity index (χ0n) is 12.3. The first-order valence-corrected chi connectivity index (χ1v) is 7.92. The first-order chi connectivity index (χ1) is 10.2. The summed E-state index contributed by atoms with van der Waals surface area (Å²) in [7, 11) is 1.68. The third kappa shape index (κ3) is 2.78. The molecule has 1 aliphatic rings. The normalized spacial score (nSPS) is 14.5. The molecule has 21 heavy (non-hydrogen) atoms. The highest BCUT2D eigenvalue weighted by Gasteiger charge is 2.23. The maximum atomic E-state index is 12.6. The second kappa shape index (κ2) is 5.85. The van der Waals surface area contributed by atoms with Crippen LogP contribution in [-0.4, -0.2) is 29.4 Å². The van der Waals surface area contributed by atoms with Gasteiger partial charge >= 0.3 is 0 Å². The molecule has 0 fully saturated rings. The van der Waals surface area contributed by atoms with Crippen molar-refractivity contribution in [3.63, 3.8) is 0 Å². The average molecular weight is 302 g/mol. The molecule has 2 heterocycles. The largest absolute Gasteiger partial charge is 0.497 e. The van der Waals surface area contributed by atoms with Gasteiger partial charge in [-0.15, -0.1) is 11.3 Å². The number of nitrogens with zero attached hydrogens (tertiary/aromatic N) is 2. The van der Waals surface area contributed by atoms with E-state index >= 15 is 0 Å². The van der Waals surface area contributed by atoms with Crippen LogP contribution in [0.1, 0.15) is 32.9 Å². The Labute approximate surface area is 128 Å². The molecule has 1 aromatic carbocycles. The number of aromatic nitrogens is 1. The van der Waals surface area contributed by atoms with Crippen molar-refractivity contribution >= 4 is 17.2 Å². The Morgan fingerprint density at radius 3 is 2.95 bits per heavy atom. The number of carbonyl (C=O) groups is 1. The van der Waals surface area contributed by atoms with Crippen LogP contribution >= 0.6 is 11.3 Å². The number of amides is 1. The van der Waals surface area contributed by atoms with Crippen LogP contribution in [-0.2, 0) is 13.0 Å². The molecule has 0 unspecified atom stereocenters. The molecule has 1 amide bonds. The summed E-state index contributed by atoms with van der Waals surface area (Å²) >= 11 is 1.42. The standard InChI is InChI=1S/C16H18N2O2S/c1-11-15(21-10-17-11)16(19)18-7-3-4-12-8-14(20-2)6-5-13(12)9-18/h5-6,8,10H,3-4,7,9H2,1-2H3. The molecular formula is C16H18N2O2S. The minimum absolute atomic E-state index is 0.0960. The van der Waals surface area contributed by atoms with Gasteiger partial charge in [0.15, 0.2) is 0 Å². The van der Waals surface area contributed by atoms with E-state index in [4.69, 9.17) is 4.74 Å². The van der Waals surface area contributed by atoms with Crippen LogP contribution in [0, 0.1) is 6.92 Å². The predicted octanol–water partition coefficient (Wildman–Crippen LogP) is 3.05. The Hall–Kier alpha value is -1.88. The molecular weight excluding hydrogens is 284 g/mol. The van der Waals surface area contributed by atoms with E-state index in [0.29, 0.717) is 6.54 Å². The Balaban J connectivity index is 1.86.